The predicted molar refractivity (Wildman–Crippen MR) is 93.3 cm³/mol. The third-order valence-electron chi connectivity index (χ3n) is 4.10. The summed E-state index contributed by atoms with van der Waals surface area (Å²) in [5.74, 6) is -0.586. The van der Waals surface area contributed by atoms with Crippen molar-refractivity contribution in [2.45, 2.75) is 84.0 Å². The molecule has 0 atom stereocenters. The summed E-state index contributed by atoms with van der Waals surface area (Å²) in [6.07, 6.45) is 14.0. The Hall–Kier alpha value is 0.380. The Morgan fingerprint density at radius 2 is 1.29 bits per heavy atom. The van der Waals surface area contributed by atoms with Crippen LogP contribution >= 0.6 is 0 Å². The van der Waals surface area contributed by atoms with Gasteiger partial charge in [0.05, 0.1) is 15.9 Å². The molecule has 138 valence electrons. The largest absolute Gasteiger partial charge is 1.00 e. The molecule has 0 aliphatic rings. The van der Waals surface area contributed by atoms with Gasteiger partial charge in [-0.05, 0) is 6.42 Å². The Morgan fingerprint density at radius 3 is 1.71 bits per heavy atom. The van der Waals surface area contributed by atoms with Crippen LogP contribution < -0.4 is 29.6 Å². The molecule has 0 N–H and O–H groups in total. The van der Waals surface area contributed by atoms with Crippen LogP contribution in [-0.4, -0.2) is 43.1 Å². The van der Waals surface area contributed by atoms with Gasteiger partial charge in [-0.2, -0.15) is 0 Å². The van der Waals surface area contributed by atoms with Gasteiger partial charge in [0, 0.05) is 20.0 Å². The van der Waals surface area contributed by atoms with Crippen LogP contribution in [0.1, 0.15) is 84.0 Å². The Bertz CT molecular complexity index is 401. The van der Waals surface area contributed by atoms with E-state index in [2.05, 4.69) is 6.92 Å². The Labute approximate surface area is 171 Å². The molecule has 0 fully saturated rings. The van der Waals surface area contributed by atoms with Crippen molar-refractivity contribution in [1.82, 2.24) is 4.90 Å². The molecule has 0 unspecified atom stereocenters. The summed E-state index contributed by atoms with van der Waals surface area (Å²) in [5, 5.41) is 0. The van der Waals surface area contributed by atoms with Crippen LogP contribution in [0.5, 0.6) is 0 Å². The number of unbranched alkanes of at least 4 members (excludes halogenated alkanes) is 10. The third kappa shape index (κ3) is 18.7. The SMILES string of the molecule is CCCCCCCCCCCCCC(=O)N(C)CCS(=O)(=O)[O-].[Na+]. The molecule has 0 bridgehead atoms. The molecule has 0 saturated heterocycles. The zero-order valence-electron chi connectivity index (χ0n) is 15.9. The maximum atomic E-state index is 11.7. The molecule has 0 rings (SSSR count). The van der Waals surface area contributed by atoms with E-state index in [0.717, 1.165) is 19.3 Å². The summed E-state index contributed by atoms with van der Waals surface area (Å²) in [6.45, 7) is 2.22. The van der Waals surface area contributed by atoms with Crippen LogP contribution in [0.4, 0.5) is 0 Å². The monoisotopic (exact) mass is 371 g/mol. The smallest absolute Gasteiger partial charge is 0.748 e. The molecule has 5 nitrogen and oxygen atoms in total. The van der Waals surface area contributed by atoms with Gasteiger partial charge in [-0.25, -0.2) is 8.42 Å². The third-order valence-corrected chi connectivity index (χ3v) is 4.78. The van der Waals surface area contributed by atoms with Crippen molar-refractivity contribution < 1.29 is 47.3 Å². The normalized spacial score (nSPS) is 11.1. The molecule has 7 heteroatoms. The van der Waals surface area contributed by atoms with Gasteiger partial charge in [0.1, 0.15) is 0 Å². The van der Waals surface area contributed by atoms with E-state index in [-0.39, 0.29) is 42.0 Å². The van der Waals surface area contributed by atoms with Crippen LogP contribution in [-0.2, 0) is 14.9 Å². The molecular weight excluding hydrogens is 337 g/mol. The van der Waals surface area contributed by atoms with Crippen molar-refractivity contribution in [3.63, 3.8) is 0 Å². The number of hydrogen-bond donors (Lipinski definition) is 0. The van der Waals surface area contributed by atoms with Crippen molar-refractivity contribution in [3.8, 4) is 0 Å². The van der Waals surface area contributed by atoms with Gasteiger partial charge < -0.3 is 9.45 Å². The van der Waals surface area contributed by atoms with E-state index in [1.165, 1.54) is 56.3 Å². The molecule has 0 aromatic rings. The van der Waals surface area contributed by atoms with Crippen LogP contribution in [0, 0.1) is 0 Å². The van der Waals surface area contributed by atoms with E-state index in [1.807, 2.05) is 0 Å². The minimum Gasteiger partial charge on any atom is -0.748 e. The molecule has 0 radical (unpaired) electrons. The van der Waals surface area contributed by atoms with Gasteiger partial charge in [-0.1, -0.05) is 71.1 Å². The van der Waals surface area contributed by atoms with Gasteiger partial charge in [0.15, 0.2) is 0 Å². The first kappa shape index (κ1) is 26.6. The first-order valence-electron chi connectivity index (χ1n) is 9.04. The number of nitrogens with zero attached hydrogens (tertiary/aromatic N) is 1. The van der Waals surface area contributed by atoms with Crippen molar-refractivity contribution in [2.75, 3.05) is 19.3 Å². The first-order chi connectivity index (χ1) is 10.9. The van der Waals surface area contributed by atoms with Gasteiger partial charge in [0.2, 0.25) is 5.91 Å². The summed E-state index contributed by atoms with van der Waals surface area (Å²) in [7, 11) is -2.69. The average molecular weight is 372 g/mol. The molecule has 0 aliphatic carbocycles. The molecule has 1 amide bonds. The van der Waals surface area contributed by atoms with E-state index in [0.29, 0.717) is 6.42 Å². The minimum atomic E-state index is -4.24. The van der Waals surface area contributed by atoms with E-state index in [1.54, 1.807) is 7.05 Å². The van der Waals surface area contributed by atoms with Crippen molar-refractivity contribution in [3.05, 3.63) is 0 Å². The second-order valence-electron chi connectivity index (χ2n) is 6.36. The summed E-state index contributed by atoms with van der Waals surface area (Å²) < 4.78 is 31.6. The second-order valence-corrected chi connectivity index (χ2v) is 7.89. The van der Waals surface area contributed by atoms with E-state index in [4.69, 9.17) is 0 Å². The predicted octanol–water partition coefficient (Wildman–Crippen LogP) is 0.695. The van der Waals surface area contributed by atoms with Gasteiger partial charge in [-0.15, -0.1) is 0 Å². The fourth-order valence-corrected chi connectivity index (χ4v) is 3.00. The second kappa shape index (κ2) is 16.8. The Kier molecular flexibility index (Phi) is 18.7. The minimum absolute atomic E-state index is 0. The first-order valence-corrected chi connectivity index (χ1v) is 10.6. The van der Waals surface area contributed by atoms with Gasteiger partial charge in [-0.3, -0.25) is 4.79 Å². The summed E-state index contributed by atoms with van der Waals surface area (Å²) >= 11 is 0. The standard InChI is InChI=1S/C17H35NO4S.Na/c1-3-4-5-6-7-8-9-10-11-12-13-14-17(19)18(2)15-16-23(20,21)22;/h3-16H2,1-2H3,(H,20,21,22);/q;+1/p-1. The fraction of sp³-hybridized carbons (Fsp3) is 0.941. The van der Waals surface area contributed by atoms with Crippen molar-refractivity contribution in [1.29, 1.82) is 0 Å². The molecule has 0 saturated carbocycles. The van der Waals surface area contributed by atoms with Gasteiger partial charge in [0.25, 0.3) is 0 Å². The molecular formula is C17H34NNaO4S. The zero-order valence-corrected chi connectivity index (χ0v) is 18.7. The van der Waals surface area contributed by atoms with Crippen LogP contribution in [0.3, 0.4) is 0 Å². The average Bonchev–Trinajstić information content (AvgIpc) is 2.49. The molecule has 0 aromatic carbocycles. The number of hydrogen-bond acceptors (Lipinski definition) is 4. The quantitative estimate of drug-likeness (QED) is 0.241. The van der Waals surface area contributed by atoms with E-state index in [9.17, 15) is 17.8 Å². The molecule has 0 spiro atoms. The fourth-order valence-electron chi connectivity index (χ4n) is 2.50. The number of rotatable bonds is 15. The van der Waals surface area contributed by atoms with Crippen LogP contribution in [0.15, 0.2) is 0 Å². The van der Waals surface area contributed by atoms with Crippen LogP contribution in [0.25, 0.3) is 0 Å². The summed E-state index contributed by atoms with van der Waals surface area (Å²) in [5.41, 5.74) is 0. The summed E-state index contributed by atoms with van der Waals surface area (Å²) in [4.78, 5) is 13.1. The van der Waals surface area contributed by atoms with E-state index < -0.39 is 15.9 Å². The Balaban J connectivity index is 0. The van der Waals surface area contributed by atoms with Gasteiger partial charge >= 0.3 is 29.6 Å². The Morgan fingerprint density at radius 1 is 0.875 bits per heavy atom. The number of amides is 1. The molecule has 0 heterocycles. The maximum Gasteiger partial charge on any atom is 1.00 e. The maximum absolute atomic E-state index is 11.7. The molecule has 0 aliphatic heterocycles. The van der Waals surface area contributed by atoms with Crippen molar-refractivity contribution in [2.24, 2.45) is 0 Å². The number of carbonyl (C=O) groups excluding carboxylic acids is 1. The number of carbonyl (C=O) groups is 1. The zero-order chi connectivity index (χ0) is 17.6. The van der Waals surface area contributed by atoms with Crippen molar-refractivity contribution >= 4 is 16.0 Å². The molecule has 24 heavy (non-hydrogen) atoms. The molecule has 0 aromatic heterocycles. The van der Waals surface area contributed by atoms with Crippen LogP contribution in [0.2, 0.25) is 0 Å². The van der Waals surface area contributed by atoms with E-state index >= 15 is 0 Å². The summed E-state index contributed by atoms with van der Waals surface area (Å²) in [6, 6.07) is 0. The topological polar surface area (TPSA) is 77.5 Å².